The number of hydrogen-bond acceptors (Lipinski definition) is 9. The molecule has 3 rings (SSSR count). The van der Waals surface area contributed by atoms with Crippen molar-refractivity contribution < 1.29 is 18.7 Å². The Kier molecular flexibility index (Phi) is 5.71. The standard InChI is InChI=1S/C18H20N4O4S2/c1-7-12(17(24)25-6)8(2)20-13(7)14(23)10(4)27-18-22-21-16(26-18)15-9(3)19-11(5)28-15/h10,20H,1-6H3/t10-/m0/s1. The van der Waals surface area contributed by atoms with Gasteiger partial charge in [-0.25, -0.2) is 9.78 Å². The van der Waals surface area contributed by atoms with Crippen LogP contribution in [0.4, 0.5) is 0 Å². The summed E-state index contributed by atoms with van der Waals surface area (Å²) in [5.74, 6) is -0.238. The number of hydrogen-bond donors (Lipinski definition) is 1. The number of Topliss-reactive ketones (excluding diaryl/α,β-unsaturated/α-hetero) is 1. The molecule has 28 heavy (non-hydrogen) atoms. The van der Waals surface area contributed by atoms with Crippen molar-refractivity contribution in [3.05, 3.63) is 33.2 Å². The molecule has 0 bridgehead atoms. The van der Waals surface area contributed by atoms with E-state index in [-0.39, 0.29) is 5.78 Å². The van der Waals surface area contributed by atoms with Crippen molar-refractivity contribution in [2.24, 2.45) is 0 Å². The first-order chi connectivity index (χ1) is 13.2. The van der Waals surface area contributed by atoms with E-state index in [0.29, 0.717) is 33.6 Å². The molecule has 1 atom stereocenters. The summed E-state index contributed by atoms with van der Waals surface area (Å²) in [6, 6.07) is 0. The molecule has 0 aliphatic rings. The van der Waals surface area contributed by atoms with E-state index in [1.54, 1.807) is 20.8 Å². The highest BCUT2D eigenvalue weighted by molar-refractivity contribution is 8.00. The van der Waals surface area contributed by atoms with Crippen LogP contribution < -0.4 is 0 Å². The normalized spacial score (nSPS) is 12.2. The van der Waals surface area contributed by atoms with Gasteiger partial charge in [-0.15, -0.1) is 21.5 Å². The number of ketones is 1. The maximum Gasteiger partial charge on any atom is 0.339 e. The van der Waals surface area contributed by atoms with E-state index in [9.17, 15) is 9.59 Å². The summed E-state index contributed by atoms with van der Waals surface area (Å²) in [6.07, 6.45) is 0. The van der Waals surface area contributed by atoms with Crippen LogP contribution in [0.3, 0.4) is 0 Å². The Hall–Kier alpha value is -2.46. The molecule has 0 fully saturated rings. The fourth-order valence-corrected chi connectivity index (χ4v) is 4.48. The number of rotatable bonds is 6. The van der Waals surface area contributed by atoms with Gasteiger partial charge in [-0.05, 0) is 40.2 Å². The molecule has 8 nitrogen and oxygen atoms in total. The molecule has 3 heterocycles. The quantitative estimate of drug-likeness (QED) is 0.363. The zero-order valence-corrected chi connectivity index (χ0v) is 18.0. The molecule has 0 unspecified atom stereocenters. The lowest BCUT2D eigenvalue weighted by Crippen LogP contribution is -2.15. The van der Waals surface area contributed by atoms with E-state index in [1.807, 2.05) is 13.8 Å². The molecule has 3 aromatic heterocycles. The van der Waals surface area contributed by atoms with Crippen LogP contribution in [0, 0.1) is 27.7 Å². The second kappa shape index (κ2) is 7.88. The highest BCUT2D eigenvalue weighted by Gasteiger charge is 2.27. The Bertz CT molecular complexity index is 1050. The smallest absolute Gasteiger partial charge is 0.339 e. The lowest BCUT2D eigenvalue weighted by atomic mass is 10.1. The monoisotopic (exact) mass is 420 g/mol. The van der Waals surface area contributed by atoms with Crippen molar-refractivity contribution in [3.63, 3.8) is 0 Å². The van der Waals surface area contributed by atoms with Gasteiger partial charge in [0.2, 0.25) is 0 Å². The minimum absolute atomic E-state index is 0.162. The van der Waals surface area contributed by atoms with E-state index in [1.165, 1.54) is 30.2 Å². The molecular weight excluding hydrogens is 400 g/mol. The lowest BCUT2D eigenvalue weighted by molar-refractivity contribution is 0.0599. The van der Waals surface area contributed by atoms with Crippen molar-refractivity contribution in [1.29, 1.82) is 0 Å². The Balaban J connectivity index is 1.79. The predicted octanol–water partition coefficient (Wildman–Crippen LogP) is 3.90. The van der Waals surface area contributed by atoms with Crippen molar-refractivity contribution in [1.82, 2.24) is 20.2 Å². The Morgan fingerprint density at radius 1 is 1.21 bits per heavy atom. The summed E-state index contributed by atoms with van der Waals surface area (Å²) in [7, 11) is 1.31. The van der Waals surface area contributed by atoms with E-state index in [2.05, 4.69) is 20.2 Å². The van der Waals surface area contributed by atoms with Gasteiger partial charge in [0.25, 0.3) is 11.1 Å². The molecule has 148 valence electrons. The highest BCUT2D eigenvalue weighted by atomic mass is 32.2. The zero-order valence-electron chi connectivity index (χ0n) is 16.4. The number of esters is 1. The first-order valence-corrected chi connectivity index (χ1v) is 10.2. The van der Waals surface area contributed by atoms with Crippen LogP contribution in [0.1, 0.15) is 49.7 Å². The van der Waals surface area contributed by atoms with Gasteiger partial charge >= 0.3 is 5.97 Å². The van der Waals surface area contributed by atoms with E-state index >= 15 is 0 Å². The number of aromatic amines is 1. The molecule has 0 radical (unpaired) electrons. The molecule has 0 saturated heterocycles. The first-order valence-electron chi connectivity index (χ1n) is 8.49. The third-order valence-corrected chi connectivity index (χ3v) is 6.22. The minimum atomic E-state index is -0.486. The summed E-state index contributed by atoms with van der Waals surface area (Å²) < 4.78 is 10.5. The van der Waals surface area contributed by atoms with Crippen molar-refractivity contribution in [3.8, 4) is 10.8 Å². The van der Waals surface area contributed by atoms with Gasteiger partial charge in [-0.2, -0.15) is 0 Å². The number of thiazole rings is 1. The van der Waals surface area contributed by atoms with Gasteiger partial charge in [-0.1, -0.05) is 11.8 Å². The van der Waals surface area contributed by atoms with Crippen LogP contribution in [-0.4, -0.2) is 44.3 Å². The van der Waals surface area contributed by atoms with E-state index in [4.69, 9.17) is 9.15 Å². The van der Waals surface area contributed by atoms with Gasteiger partial charge in [0.15, 0.2) is 5.78 Å². The highest BCUT2D eigenvalue weighted by Crippen LogP contribution is 2.32. The maximum atomic E-state index is 12.9. The van der Waals surface area contributed by atoms with Gasteiger partial charge in [-0.3, -0.25) is 4.79 Å². The molecule has 10 heteroatoms. The van der Waals surface area contributed by atoms with Crippen LogP contribution >= 0.6 is 23.1 Å². The van der Waals surface area contributed by atoms with Crippen LogP contribution in [0.5, 0.6) is 0 Å². The summed E-state index contributed by atoms with van der Waals surface area (Å²) >= 11 is 2.65. The molecular formula is C18H20N4O4S2. The average Bonchev–Trinajstić information content (AvgIpc) is 3.31. The van der Waals surface area contributed by atoms with Crippen molar-refractivity contribution in [2.75, 3.05) is 7.11 Å². The van der Waals surface area contributed by atoms with Crippen molar-refractivity contribution in [2.45, 2.75) is 45.1 Å². The number of aromatic nitrogens is 4. The number of carbonyl (C=O) groups excluding carboxylic acids is 2. The van der Waals surface area contributed by atoms with Crippen LogP contribution in [-0.2, 0) is 4.74 Å². The molecule has 0 spiro atoms. The first kappa shape index (κ1) is 20.3. The fraction of sp³-hybridized carbons (Fsp3) is 0.389. The Morgan fingerprint density at radius 2 is 1.93 bits per heavy atom. The summed E-state index contributed by atoms with van der Waals surface area (Å²) in [6.45, 7) is 9.01. The van der Waals surface area contributed by atoms with Crippen molar-refractivity contribution >= 4 is 34.9 Å². The number of nitrogens with zero attached hydrogens (tertiary/aromatic N) is 3. The molecule has 1 N–H and O–H groups in total. The van der Waals surface area contributed by atoms with Crippen LogP contribution in [0.2, 0.25) is 0 Å². The van der Waals surface area contributed by atoms with E-state index in [0.717, 1.165) is 15.6 Å². The second-order valence-electron chi connectivity index (χ2n) is 6.26. The number of ether oxygens (including phenoxy) is 1. The molecule has 3 aromatic rings. The summed E-state index contributed by atoms with van der Waals surface area (Å²) in [4.78, 5) is 33.0. The predicted molar refractivity (Wildman–Crippen MR) is 106 cm³/mol. The number of carbonyl (C=O) groups is 2. The van der Waals surface area contributed by atoms with Gasteiger partial charge in [0.1, 0.15) is 4.88 Å². The third-order valence-electron chi connectivity index (χ3n) is 4.22. The third kappa shape index (κ3) is 3.74. The second-order valence-corrected chi connectivity index (χ2v) is 8.76. The van der Waals surface area contributed by atoms with Gasteiger partial charge in [0, 0.05) is 5.69 Å². The fourth-order valence-electron chi connectivity index (χ4n) is 2.89. The number of methoxy groups -OCH3 is 1. The van der Waals surface area contributed by atoms with Crippen LogP contribution in [0.25, 0.3) is 10.8 Å². The molecule has 0 saturated carbocycles. The van der Waals surface area contributed by atoms with Gasteiger partial charge < -0.3 is 14.1 Å². The number of aryl methyl sites for hydroxylation is 3. The molecule has 0 aromatic carbocycles. The largest absolute Gasteiger partial charge is 0.465 e. The molecule has 0 amide bonds. The van der Waals surface area contributed by atoms with E-state index < -0.39 is 11.2 Å². The number of H-pyrrole nitrogens is 1. The van der Waals surface area contributed by atoms with Crippen LogP contribution in [0.15, 0.2) is 9.64 Å². The Morgan fingerprint density at radius 3 is 2.54 bits per heavy atom. The topological polar surface area (TPSA) is 111 Å². The average molecular weight is 421 g/mol. The molecule has 0 aliphatic carbocycles. The Labute approximate surface area is 170 Å². The van der Waals surface area contributed by atoms with Gasteiger partial charge in [0.05, 0.1) is 34.3 Å². The number of nitrogens with one attached hydrogen (secondary N) is 1. The maximum absolute atomic E-state index is 12.9. The molecule has 0 aliphatic heterocycles. The summed E-state index contributed by atoms with van der Waals surface area (Å²) in [5.41, 5.74) is 2.77. The lowest BCUT2D eigenvalue weighted by Gasteiger charge is -2.07. The summed E-state index contributed by atoms with van der Waals surface area (Å²) in [5, 5.41) is 8.84. The zero-order chi connectivity index (χ0) is 20.6. The minimum Gasteiger partial charge on any atom is -0.465 e. The number of thioether (sulfide) groups is 1. The SMILES string of the molecule is COC(=O)c1c(C)[nH]c(C(=O)[C@H](C)Sc2nnc(-c3sc(C)nc3C)o2)c1C.